The highest BCUT2D eigenvalue weighted by atomic mass is 16.5. The molecule has 0 atom stereocenters. The van der Waals surface area contributed by atoms with Gasteiger partial charge in [-0.2, -0.15) is 0 Å². The monoisotopic (exact) mass is 268 g/mol. The lowest BCUT2D eigenvalue weighted by atomic mass is 10.1. The molecule has 0 unspecified atom stereocenters. The SMILES string of the molecule is CCc1ccc(-c2ccc3c(n2)N(C)C(=O)CO3)cc1. The highest BCUT2D eigenvalue weighted by Gasteiger charge is 2.23. The number of ether oxygens (including phenoxy) is 1. The van der Waals surface area contributed by atoms with E-state index in [0.717, 1.165) is 17.7 Å². The third kappa shape index (κ3) is 2.13. The fourth-order valence-corrected chi connectivity index (χ4v) is 2.21. The quantitative estimate of drug-likeness (QED) is 0.841. The van der Waals surface area contributed by atoms with Crippen molar-refractivity contribution in [1.29, 1.82) is 0 Å². The van der Waals surface area contributed by atoms with Gasteiger partial charge in [0.15, 0.2) is 18.2 Å². The van der Waals surface area contributed by atoms with Gasteiger partial charge in [0.2, 0.25) is 0 Å². The number of hydrogen-bond donors (Lipinski definition) is 0. The Morgan fingerprint density at radius 1 is 1.20 bits per heavy atom. The van der Waals surface area contributed by atoms with Crippen molar-refractivity contribution in [3.05, 3.63) is 42.0 Å². The number of anilines is 1. The Kier molecular flexibility index (Phi) is 3.14. The van der Waals surface area contributed by atoms with E-state index in [-0.39, 0.29) is 12.5 Å². The van der Waals surface area contributed by atoms with Gasteiger partial charge in [-0.05, 0) is 24.1 Å². The van der Waals surface area contributed by atoms with E-state index in [4.69, 9.17) is 4.74 Å². The third-order valence-electron chi connectivity index (χ3n) is 3.54. The molecule has 0 radical (unpaired) electrons. The van der Waals surface area contributed by atoms with E-state index in [0.29, 0.717) is 11.6 Å². The van der Waals surface area contributed by atoms with Crippen molar-refractivity contribution in [2.75, 3.05) is 18.6 Å². The van der Waals surface area contributed by atoms with Gasteiger partial charge in [-0.15, -0.1) is 0 Å². The summed E-state index contributed by atoms with van der Waals surface area (Å²) in [6.45, 7) is 2.21. The Hall–Kier alpha value is -2.36. The number of aryl methyl sites for hydroxylation is 1. The Morgan fingerprint density at radius 2 is 1.95 bits per heavy atom. The van der Waals surface area contributed by atoms with E-state index in [1.807, 2.05) is 12.1 Å². The zero-order chi connectivity index (χ0) is 14.1. The fraction of sp³-hybridized carbons (Fsp3) is 0.250. The molecular weight excluding hydrogens is 252 g/mol. The van der Waals surface area contributed by atoms with Crippen LogP contribution in [0, 0.1) is 0 Å². The van der Waals surface area contributed by atoms with Crippen LogP contribution in [-0.4, -0.2) is 24.5 Å². The first-order valence-corrected chi connectivity index (χ1v) is 6.68. The first-order chi connectivity index (χ1) is 9.69. The van der Waals surface area contributed by atoms with Gasteiger partial charge >= 0.3 is 0 Å². The fourth-order valence-electron chi connectivity index (χ4n) is 2.21. The van der Waals surface area contributed by atoms with E-state index < -0.39 is 0 Å². The molecule has 0 spiro atoms. The van der Waals surface area contributed by atoms with Crippen LogP contribution < -0.4 is 9.64 Å². The van der Waals surface area contributed by atoms with Crippen LogP contribution in [-0.2, 0) is 11.2 Å². The van der Waals surface area contributed by atoms with Crippen molar-refractivity contribution in [3.63, 3.8) is 0 Å². The van der Waals surface area contributed by atoms with Gasteiger partial charge in [0.25, 0.3) is 5.91 Å². The predicted octanol–water partition coefficient (Wildman–Crippen LogP) is 2.67. The number of rotatable bonds is 2. The van der Waals surface area contributed by atoms with E-state index in [2.05, 4.69) is 36.2 Å². The van der Waals surface area contributed by atoms with Gasteiger partial charge in [-0.3, -0.25) is 9.69 Å². The van der Waals surface area contributed by atoms with Gasteiger partial charge in [0, 0.05) is 12.6 Å². The Labute approximate surface area is 118 Å². The molecule has 20 heavy (non-hydrogen) atoms. The average Bonchev–Trinajstić information content (AvgIpc) is 2.51. The number of aromatic nitrogens is 1. The minimum atomic E-state index is -0.0801. The summed E-state index contributed by atoms with van der Waals surface area (Å²) in [6.07, 6.45) is 1.02. The maximum Gasteiger partial charge on any atom is 0.265 e. The molecule has 0 aliphatic carbocycles. The molecule has 0 N–H and O–H groups in total. The smallest absolute Gasteiger partial charge is 0.265 e. The van der Waals surface area contributed by atoms with Crippen LogP contribution in [0.3, 0.4) is 0 Å². The van der Waals surface area contributed by atoms with Crippen LogP contribution in [0.4, 0.5) is 5.82 Å². The van der Waals surface area contributed by atoms with E-state index in [1.165, 1.54) is 5.56 Å². The molecule has 0 bridgehead atoms. The van der Waals surface area contributed by atoms with Crippen LogP contribution in [0.1, 0.15) is 12.5 Å². The molecule has 2 aromatic rings. The number of pyridine rings is 1. The summed E-state index contributed by atoms with van der Waals surface area (Å²) in [5.41, 5.74) is 3.18. The molecule has 1 aliphatic rings. The van der Waals surface area contributed by atoms with Gasteiger partial charge in [-0.25, -0.2) is 4.98 Å². The standard InChI is InChI=1S/C16H16N2O2/c1-3-11-4-6-12(7-5-11)13-8-9-14-16(17-13)18(2)15(19)10-20-14/h4-9H,3,10H2,1-2H3. The normalized spacial score (nSPS) is 13.9. The first-order valence-electron chi connectivity index (χ1n) is 6.68. The summed E-state index contributed by atoms with van der Waals surface area (Å²) < 4.78 is 5.38. The second kappa shape index (κ2) is 4.96. The highest BCUT2D eigenvalue weighted by molar-refractivity contribution is 5.96. The number of likely N-dealkylation sites (N-methyl/N-ethyl adjacent to an activating group) is 1. The summed E-state index contributed by atoms with van der Waals surface area (Å²) in [7, 11) is 1.72. The number of hydrogen-bond acceptors (Lipinski definition) is 3. The number of carbonyl (C=O) groups is 1. The molecule has 4 heteroatoms. The zero-order valence-corrected chi connectivity index (χ0v) is 11.6. The Morgan fingerprint density at radius 3 is 2.65 bits per heavy atom. The second-order valence-corrected chi connectivity index (χ2v) is 4.81. The van der Waals surface area contributed by atoms with Gasteiger partial charge in [0.1, 0.15) is 0 Å². The van der Waals surface area contributed by atoms with Crippen LogP contribution in [0.25, 0.3) is 11.3 Å². The lowest BCUT2D eigenvalue weighted by molar-refractivity contribution is -0.121. The molecule has 2 heterocycles. The summed E-state index contributed by atoms with van der Waals surface area (Å²) in [6, 6.07) is 12.1. The molecule has 1 aromatic carbocycles. The van der Waals surface area contributed by atoms with Crippen molar-refractivity contribution in [1.82, 2.24) is 4.98 Å². The van der Waals surface area contributed by atoms with Crippen LogP contribution in [0.2, 0.25) is 0 Å². The van der Waals surface area contributed by atoms with Gasteiger partial charge < -0.3 is 4.74 Å². The predicted molar refractivity (Wildman–Crippen MR) is 78.0 cm³/mol. The lowest BCUT2D eigenvalue weighted by Gasteiger charge is -2.25. The summed E-state index contributed by atoms with van der Waals surface area (Å²) >= 11 is 0. The molecule has 1 aromatic heterocycles. The molecule has 3 rings (SSSR count). The highest BCUT2D eigenvalue weighted by Crippen LogP contribution is 2.31. The first kappa shape index (κ1) is 12.7. The second-order valence-electron chi connectivity index (χ2n) is 4.81. The maximum absolute atomic E-state index is 11.6. The van der Waals surface area contributed by atoms with Crippen LogP contribution in [0.15, 0.2) is 36.4 Å². The third-order valence-corrected chi connectivity index (χ3v) is 3.54. The average molecular weight is 268 g/mol. The number of benzene rings is 1. The van der Waals surface area contributed by atoms with Gasteiger partial charge in [0.05, 0.1) is 5.69 Å². The summed E-state index contributed by atoms with van der Waals surface area (Å²) in [5.74, 6) is 1.16. The van der Waals surface area contributed by atoms with Gasteiger partial charge in [-0.1, -0.05) is 31.2 Å². The van der Waals surface area contributed by atoms with E-state index >= 15 is 0 Å². The van der Waals surface area contributed by atoms with Crippen LogP contribution in [0.5, 0.6) is 5.75 Å². The Bertz CT molecular complexity index is 650. The Balaban J connectivity index is 2.00. The minimum absolute atomic E-state index is 0.0791. The molecule has 1 aliphatic heterocycles. The van der Waals surface area contributed by atoms with Crippen molar-refractivity contribution in [2.24, 2.45) is 0 Å². The largest absolute Gasteiger partial charge is 0.480 e. The number of amides is 1. The van der Waals surface area contributed by atoms with E-state index in [9.17, 15) is 4.79 Å². The zero-order valence-electron chi connectivity index (χ0n) is 11.6. The topological polar surface area (TPSA) is 42.4 Å². The van der Waals surface area contributed by atoms with Crippen molar-refractivity contribution >= 4 is 11.7 Å². The summed E-state index contributed by atoms with van der Waals surface area (Å²) in [4.78, 5) is 17.7. The number of carbonyl (C=O) groups excluding carboxylic acids is 1. The van der Waals surface area contributed by atoms with Crippen molar-refractivity contribution < 1.29 is 9.53 Å². The van der Waals surface area contributed by atoms with Crippen LogP contribution >= 0.6 is 0 Å². The molecule has 0 saturated carbocycles. The molecule has 4 nitrogen and oxygen atoms in total. The summed E-state index contributed by atoms with van der Waals surface area (Å²) in [5, 5.41) is 0. The van der Waals surface area contributed by atoms with Crippen molar-refractivity contribution in [2.45, 2.75) is 13.3 Å². The maximum atomic E-state index is 11.6. The van der Waals surface area contributed by atoms with E-state index in [1.54, 1.807) is 11.9 Å². The lowest BCUT2D eigenvalue weighted by Crippen LogP contribution is -2.36. The minimum Gasteiger partial charge on any atom is -0.480 e. The molecular formula is C16H16N2O2. The van der Waals surface area contributed by atoms with Crippen molar-refractivity contribution in [3.8, 4) is 17.0 Å². The number of nitrogens with zero attached hydrogens (tertiary/aromatic N) is 2. The number of fused-ring (bicyclic) bond motifs is 1. The molecule has 0 fully saturated rings. The molecule has 1 amide bonds. The molecule has 0 saturated heterocycles. The molecule has 102 valence electrons.